The predicted molar refractivity (Wildman–Crippen MR) is 65.6 cm³/mol. The van der Waals surface area contributed by atoms with Crippen LogP contribution >= 0.6 is 0 Å². The standard InChI is InChI=1S/C12H18N2O2/c1-15-8-7-14-6-5-13-11-9-10(16-2)3-4-12(11)14/h3-4,9,13H,5-8H2,1-2H3. The number of nitrogens with one attached hydrogen (secondary N) is 1. The Balaban J connectivity index is 2.18. The van der Waals surface area contributed by atoms with Crippen LogP contribution in [0.2, 0.25) is 0 Å². The Kier molecular flexibility index (Phi) is 3.51. The van der Waals surface area contributed by atoms with Crippen LogP contribution in [-0.4, -0.2) is 40.5 Å². The Morgan fingerprint density at radius 1 is 1.38 bits per heavy atom. The van der Waals surface area contributed by atoms with Crippen molar-refractivity contribution in [2.45, 2.75) is 0 Å². The molecule has 0 saturated heterocycles. The number of anilines is 2. The van der Waals surface area contributed by atoms with Crippen LogP contribution in [0.25, 0.3) is 0 Å². The molecule has 1 heterocycles. The van der Waals surface area contributed by atoms with E-state index in [4.69, 9.17) is 9.47 Å². The molecule has 0 spiro atoms. The maximum atomic E-state index is 5.21. The van der Waals surface area contributed by atoms with Crippen molar-refractivity contribution < 1.29 is 9.47 Å². The zero-order chi connectivity index (χ0) is 11.4. The molecular formula is C12H18N2O2. The summed E-state index contributed by atoms with van der Waals surface area (Å²) in [6.45, 7) is 3.66. The summed E-state index contributed by atoms with van der Waals surface area (Å²) in [5, 5.41) is 3.38. The van der Waals surface area contributed by atoms with E-state index in [-0.39, 0.29) is 0 Å². The van der Waals surface area contributed by atoms with Crippen LogP contribution < -0.4 is 15.0 Å². The van der Waals surface area contributed by atoms with Gasteiger partial charge in [0, 0.05) is 32.8 Å². The fraction of sp³-hybridized carbons (Fsp3) is 0.500. The fourth-order valence-electron chi connectivity index (χ4n) is 1.94. The molecule has 0 aromatic heterocycles. The molecule has 0 fully saturated rings. The molecule has 0 unspecified atom stereocenters. The first-order valence-corrected chi connectivity index (χ1v) is 5.51. The van der Waals surface area contributed by atoms with E-state index < -0.39 is 0 Å². The molecule has 0 amide bonds. The van der Waals surface area contributed by atoms with Crippen LogP contribution in [0.3, 0.4) is 0 Å². The van der Waals surface area contributed by atoms with Crippen LogP contribution in [0.5, 0.6) is 5.75 Å². The summed E-state index contributed by atoms with van der Waals surface area (Å²) in [4.78, 5) is 2.33. The van der Waals surface area contributed by atoms with E-state index in [1.54, 1.807) is 14.2 Å². The minimum Gasteiger partial charge on any atom is -0.497 e. The smallest absolute Gasteiger partial charge is 0.121 e. The predicted octanol–water partition coefficient (Wildman–Crippen LogP) is 1.57. The van der Waals surface area contributed by atoms with E-state index in [1.165, 1.54) is 5.69 Å². The quantitative estimate of drug-likeness (QED) is 0.838. The minimum absolute atomic E-state index is 0.755. The Labute approximate surface area is 96.2 Å². The van der Waals surface area contributed by atoms with Gasteiger partial charge < -0.3 is 19.7 Å². The molecule has 0 bridgehead atoms. The zero-order valence-corrected chi connectivity index (χ0v) is 9.82. The summed E-state index contributed by atoms with van der Waals surface area (Å²) in [6.07, 6.45) is 0. The Bertz CT molecular complexity index is 355. The zero-order valence-electron chi connectivity index (χ0n) is 9.82. The van der Waals surface area contributed by atoms with Gasteiger partial charge in [-0.15, -0.1) is 0 Å². The molecule has 1 aliphatic heterocycles. The van der Waals surface area contributed by atoms with Crippen molar-refractivity contribution in [3.8, 4) is 5.75 Å². The largest absolute Gasteiger partial charge is 0.497 e. The van der Waals surface area contributed by atoms with E-state index >= 15 is 0 Å². The third-order valence-electron chi connectivity index (χ3n) is 2.81. The number of benzene rings is 1. The van der Waals surface area contributed by atoms with Gasteiger partial charge in [-0.25, -0.2) is 0 Å². The monoisotopic (exact) mass is 222 g/mol. The molecule has 0 radical (unpaired) electrons. The van der Waals surface area contributed by atoms with Gasteiger partial charge >= 0.3 is 0 Å². The lowest BCUT2D eigenvalue weighted by Crippen LogP contribution is -2.36. The van der Waals surface area contributed by atoms with Crippen LogP contribution in [0.1, 0.15) is 0 Å². The van der Waals surface area contributed by atoms with E-state index in [2.05, 4.69) is 16.3 Å². The average molecular weight is 222 g/mol. The maximum absolute atomic E-state index is 5.21. The van der Waals surface area contributed by atoms with Gasteiger partial charge in [-0.2, -0.15) is 0 Å². The number of rotatable bonds is 4. The summed E-state index contributed by atoms with van der Waals surface area (Å²) in [6, 6.07) is 6.12. The summed E-state index contributed by atoms with van der Waals surface area (Å²) < 4.78 is 10.3. The van der Waals surface area contributed by atoms with Crippen molar-refractivity contribution in [2.24, 2.45) is 0 Å². The van der Waals surface area contributed by atoms with Crippen molar-refractivity contribution in [3.63, 3.8) is 0 Å². The van der Waals surface area contributed by atoms with Gasteiger partial charge in [-0.1, -0.05) is 0 Å². The summed E-state index contributed by atoms with van der Waals surface area (Å²) >= 11 is 0. The molecule has 4 heteroatoms. The van der Waals surface area contributed by atoms with Crippen LogP contribution in [-0.2, 0) is 4.74 Å². The topological polar surface area (TPSA) is 33.7 Å². The molecular weight excluding hydrogens is 204 g/mol. The Morgan fingerprint density at radius 3 is 3.00 bits per heavy atom. The van der Waals surface area contributed by atoms with Crippen molar-refractivity contribution in [1.82, 2.24) is 0 Å². The number of hydrogen-bond donors (Lipinski definition) is 1. The van der Waals surface area contributed by atoms with E-state index in [0.29, 0.717) is 0 Å². The highest BCUT2D eigenvalue weighted by Gasteiger charge is 2.16. The van der Waals surface area contributed by atoms with Crippen LogP contribution in [0, 0.1) is 0 Å². The summed E-state index contributed by atoms with van der Waals surface area (Å²) in [5.41, 5.74) is 2.37. The molecule has 4 nitrogen and oxygen atoms in total. The maximum Gasteiger partial charge on any atom is 0.121 e. The molecule has 88 valence electrons. The van der Waals surface area contributed by atoms with Gasteiger partial charge in [-0.3, -0.25) is 0 Å². The number of ether oxygens (including phenoxy) is 2. The van der Waals surface area contributed by atoms with Gasteiger partial charge in [-0.05, 0) is 12.1 Å². The third-order valence-corrected chi connectivity index (χ3v) is 2.81. The van der Waals surface area contributed by atoms with Gasteiger partial charge in [0.05, 0.1) is 25.1 Å². The molecule has 16 heavy (non-hydrogen) atoms. The average Bonchev–Trinajstić information content (AvgIpc) is 2.35. The highest BCUT2D eigenvalue weighted by atomic mass is 16.5. The van der Waals surface area contributed by atoms with Gasteiger partial charge in [0.15, 0.2) is 0 Å². The molecule has 1 aliphatic rings. The number of hydrogen-bond acceptors (Lipinski definition) is 4. The van der Waals surface area contributed by atoms with Gasteiger partial charge in [0.2, 0.25) is 0 Å². The SMILES string of the molecule is COCCN1CCNc2cc(OC)ccc21. The van der Waals surface area contributed by atoms with Crippen molar-refractivity contribution in [1.29, 1.82) is 0 Å². The van der Waals surface area contributed by atoms with Crippen LogP contribution in [0.15, 0.2) is 18.2 Å². The fourth-order valence-corrected chi connectivity index (χ4v) is 1.94. The van der Waals surface area contributed by atoms with Gasteiger partial charge in [0.25, 0.3) is 0 Å². The molecule has 0 atom stereocenters. The molecule has 1 N–H and O–H groups in total. The Hall–Kier alpha value is -1.42. The molecule has 2 rings (SSSR count). The van der Waals surface area contributed by atoms with E-state index in [0.717, 1.165) is 37.7 Å². The van der Waals surface area contributed by atoms with E-state index in [9.17, 15) is 0 Å². The van der Waals surface area contributed by atoms with Gasteiger partial charge in [0.1, 0.15) is 5.75 Å². The number of fused-ring (bicyclic) bond motifs is 1. The second-order valence-electron chi connectivity index (χ2n) is 3.79. The van der Waals surface area contributed by atoms with E-state index in [1.807, 2.05) is 12.1 Å². The third kappa shape index (κ3) is 2.22. The molecule has 1 aromatic rings. The molecule has 0 aliphatic carbocycles. The van der Waals surface area contributed by atoms with Crippen molar-refractivity contribution >= 4 is 11.4 Å². The summed E-state index contributed by atoms with van der Waals surface area (Å²) in [5.74, 6) is 0.889. The Morgan fingerprint density at radius 2 is 2.25 bits per heavy atom. The number of nitrogens with zero attached hydrogens (tertiary/aromatic N) is 1. The second kappa shape index (κ2) is 5.07. The first-order valence-electron chi connectivity index (χ1n) is 5.51. The van der Waals surface area contributed by atoms with Crippen molar-refractivity contribution in [2.75, 3.05) is 50.7 Å². The lowest BCUT2D eigenvalue weighted by molar-refractivity contribution is 0.205. The second-order valence-corrected chi connectivity index (χ2v) is 3.79. The first-order chi connectivity index (χ1) is 7.85. The molecule has 1 aromatic carbocycles. The minimum atomic E-state index is 0.755. The lowest BCUT2D eigenvalue weighted by Gasteiger charge is -2.32. The first kappa shape index (κ1) is 11.1. The highest BCUT2D eigenvalue weighted by molar-refractivity contribution is 5.73. The van der Waals surface area contributed by atoms with Crippen LogP contribution in [0.4, 0.5) is 11.4 Å². The summed E-state index contributed by atoms with van der Waals surface area (Å²) in [7, 11) is 3.42. The number of methoxy groups -OCH3 is 2. The van der Waals surface area contributed by atoms with Crippen molar-refractivity contribution in [3.05, 3.63) is 18.2 Å². The lowest BCUT2D eigenvalue weighted by atomic mass is 10.2. The highest BCUT2D eigenvalue weighted by Crippen LogP contribution is 2.32. The molecule has 0 saturated carbocycles. The normalized spacial score (nSPS) is 14.2.